The van der Waals surface area contributed by atoms with Gasteiger partial charge in [0.1, 0.15) is 5.82 Å². The maximum Gasteiger partial charge on any atom is 0.131 e. The molecule has 0 saturated carbocycles. The average Bonchev–Trinajstić information content (AvgIpc) is 2.38. The smallest absolute Gasteiger partial charge is 0.131 e. The van der Waals surface area contributed by atoms with Crippen LogP contribution in [-0.4, -0.2) is 49.2 Å². The van der Waals surface area contributed by atoms with Crippen LogP contribution in [0.4, 0.5) is 5.82 Å². The molecule has 1 fully saturated rings. The minimum atomic E-state index is 0.189. The number of anilines is 1. The monoisotopic (exact) mass is 276 g/mol. The Morgan fingerprint density at radius 1 is 1.45 bits per heavy atom. The Bertz CT molecular complexity index is 436. The van der Waals surface area contributed by atoms with Crippen molar-refractivity contribution in [1.29, 1.82) is 0 Å². The van der Waals surface area contributed by atoms with Gasteiger partial charge in [-0.05, 0) is 64.4 Å². The minimum absolute atomic E-state index is 0.189. The van der Waals surface area contributed by atoms with Crippen molar-refractivity contribution in [2.45, 2.75) is 45.2 Å². The second-order valence-corrected chi connectivity index (χ2v) is 6.31. The fourth-order valence-corrected chi connectivity index (χ4v) is 3.03. The van der Waals surface area contributed by atoms with E-state index in [-0.39, 0.29) is 6.04 Å². The largest absolute Gasteiger partial charge is 0.356 e. The molecule has 112 valence electrons. The molecule has 1 unspecified atom stereocenters. The predicted octanol–water partition coefficient (Wildman–Crippen LogP) is 1.81. The Labute approximate surface area is 123 Å². The predicted molar refractivity (Wildman–Crippen MR) is 85.2 cm³/mol. The summed E-state index contributed by atoms with van der Waals surface area (Å²) in [5.41, 5.74) is 8.35. The van der Waals surface area contributed by atoms with Crippen LogP contribution in [0.15, 0.2) is 12.3 Å². The molecule has 20 heavy (non-hydrogen) atoms. The topological polar surface area (TPSA) is 45.4 Å². The van der Waals surface area contributed by atoms with Gasteiger partial charge in [0.2, 0.25) is 0 Å². The summed E-state index contributed by atoms with van der Waals surface area (Å²) < 4.78 is 0. The van der Waals surface area contributed by atoms with Crippen LogP contribution in [0.25, 0.3) is 0 Å². The van der Waals surface area contributed by atoms with Crippen molar-refractivity contribution in [3.63, 3.8) is 0 Å². The molecule has 2 heterocycles. The summed E-state index contributed by atoms with van der Waals surface area (Å²) in [5, 5.41) is 0. The Hall–Kier alpha value is -1.13. The fraction of sp³-hybridized carbons (Fsp3) is 0.688. The number of aromatic nitrogens is 1. The highest BCUT2D eigenvalue weighted by Crippen LogP contribution is 2.23. The summed E-state index contributed by atoms with van der Waals surface area (Å²) in [5.74, 6) is 1.12. The van der Waals surface area contributed by atoms with E-state index >= 15 is 0 Å². The molecule has 1 aromatic rings. The molecule has 0 aliphatic carbocycles. The quantitative estimate of drug-likeness (QED) is 0.911. The highest BCUT2D eigenvalue weighted by Gasteiger charge is 2.22. The van der Waals surface area contributed by atoms with Crippen molar-refractivity contribution in [2.24, 2.45) is 5.73 Å². The molecule has 0 bridgehead atoms. The molecular formula is C16H28N4. The first kappa shape index (κ1) is 15.3. The minimum Gasteiger partial charge on any atom is -0.356 e. The van der Waals surface area contributed by atoms with E-state index in [1.165, 1.54) is 37.1 Å². The zero-order valence-electron chi connectivity index (χ0n) is 13.3. The molecule has 0 amide bonds. The first-order valence-corrected chi connectivity index (χ1v) is 7.60. The van der Waals surface area contributed by atoms with E-state index in [2.05, 4.69) is 41.9 Å². The number of hydrogen-bond acceptors (Lipinski definition) is 4. The molecule has 4 nitrogen and oxygen atoms in total. The number of nitrogens with zero attached hydrogens (tertiary/aromatic N) is 3. The molecule has 0 radical (unpaired) electrons. The van der Waals surface area contributed by atoms with E-state index in [1.807, 2.05) is 13.1 Å². The van der Waals surface area contributed by atoms with Gasteiger partial charge in [0.15, 0.2) is 0 Å². The molecule has 4 heteroatoms. The molecule has 1 aliphatic heterocycles. The lowest BCUT2D eigenvalue weighted by atomic mass is 10.0. The van der Waals surface area contributed by atoms with Gasteiger partial charge in [0, 0.05) is 25.3 Å². The molecule has 1 aliphatic rings. The number of piperidine rings is 1. The van der Waals surface area contributed by atoms with E-state index in [1.54, 1.807) is 0 Å². The zero-order chi connectivity index (χ0) is 14.7. The lowest BCUT2D eigenvalue weighted by molar-refractivity contribution is 0.252. The molecular weight excluding hydrogens is 248 g/mol. The van der Waals surface area contributed by atoms with Crippen LogP contribution in [0.1, 0.15) is 30.9 Å². The standard InChI is InChI=1S/C16H28N4/c1-12-9-14(10-13(2)17)11-18-16(12)20(4)15-5-7-19(3)8-6-15/h9,11,13,15H,5-8,10,17H2,1-4H3. The van der Waals surface area contributed by atoms with Gasteiger partial charge in [0.25, 0.3) is 0 Å². The Kier molecular flexibility index (Phi) is 5.00. The number of likely N-dealkylation sites (tertiary alicyclic amines) is 1. The first-order chi connectivity index (χ1) is 9.47. The highest BCUT2D eigenvalue weighted by molar-refractivity contribution is 5.47. The molecule has 1 aromatic heterocycles. The lowest BCUT2D eigenvalue weighted by Gasteiger charge is -2.36. The van der Waals surface area contributed by atoms with Gasteiger partial charge in [-0.2, -0.15) is 0 Å². The van der Waals surface area contributed by atoms with Crippen LogP contribution in [0, 0.1) is 6.92 Å². The summed E-state index contributed by atoms with van der Waals surface area (Å²) >= 11 is 0. The number of pyridine rings is 1. The van der Waals surface area contributed by atoms with Gasteiger partial charge < -0.3 is 15.5 Å². The Morgan fingerprint density at radius 3 is 2.65 bits per heavy atom. The maximum atomic E-state index is 5.86. The van der Waals surface area contributed by atoms with Crippen molar-refractivity contribution in [3.8, 4) is 0 Å². The Balaban J connectivity index is 2.08. The number of rotatable bonds is 4. The number of hydrogen-bond donors (Lipinski definition) is 1. The number of nitrogens with two attached hydrogens (primary N) is 1. The van der Waals surface area contributed by atoms with Gasteiger partial charge >= 0.3 is 0 Å². The van der Waals surface area contributed by atoms with Crippen molar-refractivity contribution >= 4 is 5.82 Å². The molecule has 0 spiro atoms. The van der Waals surface area contributed by atoms with Crippen LogP contribution >= 0.6 is 0 Å². The summed E-state index contributed by atoms with van der Waals surface area (Å²) in [6, 6.07) is 3.03. The highest BCUT2D eigenvalue weighted by atomic mass is 15.2. The molecule has 2 rings (SSSR count). The van der Waals surface area contributed by atoms with Crippen LogP contribution in [-0.2, 0) is 6.42 Å². The summed E-state index contributed by atoms with van der Waals surface area (Å²) in [6.45, 7) is 6.54. The SMILES string of the molecule is Cc1cc(CC(C)N)cnc1N(C)C1CCN(C)CC1. The van der Waals surface area contributed by atoms with E-state index in [0.29, 0.717) is 6.04 Å². The van der Waals surface area contributed by atoms with Gasteiger partial charge in [-0.1, -0.05) is 6.07 Å². The van der Waals surface area contributed by atoms with Crippen LogP contribution in [0.2, 0.25) is 0 Å². The van der Waals surface area contributed by atoms with Crippen LogP contribution in [0.3, 0.4) is 0 Å². The van der Waals surface area contributed by atoms with Crippen LogP contribution < -0.4 is 10.6 Å². The van der Waals surface area contributed by atoms with Gasteiger partial charge in [-0.3, -0.25) is 0 Å². The fourth-order valence-electron chi connectivity index (χ4n) is 3.03. The molecule has 2 N–H and O–H groups in total. The number of aryl methyl sites for hydroxylation is 1. The molecule has 1 atom stereocenters. The Morgan fingerprint density at radius 2 is 2.10 bits per heavy atom. The van der Waals surface area contributed by atoms with Crippen molar-refractivity contribution in [1.82, 2.24) is 9.88 Å². The molecule has 0 aromatic carbocycles. The van der Waals surface area contributed by atoms with E-state index in [0.717, 1.165) is 12.2 Å². The lowest BCUT2D eigenvalue weighted by Crippen LogP contribution is -2.42. The zero-order valence-corrected chi connectivity index (χ0v) is 13.3. The second kappa shape index (κ2) is 6.55. The maximum absolute atomic E-state index is 5.86. The summed E-state index contributed by atoms with van der Waals surface area (Å²) in [7, 11) is 4.37. The third-order valence-corrected chi connectivity index (χ3v) is 4.23. The molecule has 1 saturated heterocycles. The normalized spacial score (nSPS) is 19.1. The third-order valence-electron chi connectivity index (χ3n) is 4.23. The van der Waals surface area contributed by atoms with Crippen molar-refractivity contribution < 1.29 is 0 Å². The van der Waals surface area contributed by atoms with Crippen LogP contribution in [0.5, 0.6) is 0 Å². The van der Waals surface area contributed by atoms with Crippen molar-refractivity contribution in [2.75, 3.05) is 32.1 Å². The summed E-state index contributed by atoms with van der Waals surface area (Å²) in [6.07, 6.45) is 5.31. The van der Waals surface area contributed by atoms with Gasteiger partial charge in [0.05, 0.1) is 0 Å². The van der Waals surface area contributed by atoms with E-state index in [4.69, 9.17) is 5.73 Å². The third kappa shape index (κ3) is 3.70. The van der Waals surface area contributed by atoms with E-state index < -0.39 is 0 Å². The summed E-state index contributed by atoms with van der Waals surface area (Å²) in [4.78, 5) is 9.44. The first-order valence-electron chi connectivity index (χ1n) is 7.60. The second-order valence-electron chi connectivity index (χ2n) is 6.31. The van der Waals surface area contributed by atoms with Crippen molar-refractivity contribution in [3.05, 3.63) is 23.4 Å². The van der Waals surface area contributed by atoms with Gasteiger partial charge in [-0.15, -0.1) is 0 Å². The average molecular weight is 276 g/mol. The van der Waals surface area contributed by atoms with Gasteiger partial charge in [-0.25, -0.2) is 4.98 Å². The van der Waals surface area contributed by atoms with E-state index in [9.17, 15) is 0 Å².